The molecular formula is C23H26N6O2. The number of fused-ring (bicyclic) bond motifs is 1. The maximum atomic E-state index is 12.8. The molecule has 0 unspecified atom stereocenters. The molecule has 0 bridgehead atoms. The number of amides is 1. The number of carbonyl (C=O) groups excluding carboxylic acids is 2. The standard InChI is InChI=1S/C23H26N6O2/c1-27(2)21-11-9-16(14-25-21)15-26-22(31)12-10-20(30)17(13-24)23-28(3)18-7-5-6-8-19(18)29(23)4/h5-9,11,14H,10,12,15H2,1-4H3,(H,26,31). The Balaban J connectivity index is 1.60. The molecule has 8 heteroatoms. The Bertz CT molecular complexity index is 1020. The molecule has 3 rings (SSSR count). The zero-order valence-corrected chi connectivity index (χ0v) is 18.2. The minimum Gasteiger partial charge on any atom is -0.363 e. The fourth-order valence-electron chi connectivity index (χ4n) is 3.48. The highest BCUT2D eigenvalue weighted by Crippen LogP contribution is 2.40. The predicted molar refractivity (Wildman–Crippen MR) is 121 cm³/mol. The topological polar surface area (TPSA) is 92.6 Å². The Morgan fingerprint density at radius 2 is 1.71 bits per heavy atom. The number of Topliss-reactive ketones (excluding diaryl/α,β-unsaturated/α-hetero) is 1. The first-order chi connectivity index (χ1) is 14.8. The smallest absolute Gasteiger partial charge is 0.220 e. The molecule has 31 heavy (non-hydrogen) atoms. The van der Waals surface area contributed by atoms with E-state index in [2.05, 4.69) is 10.3 Å². The zero-order chi connectivity index (χ0) is 22.5. The third kappa shape index (κ3) is 4.67. The number of pyridine rings is 1. The number of benzene rings is 1. The van der Waals surface area contributed by atoms with E-state index in [1.165, 1.54) is 0 Å². The highest BCUT2D eigenvalue weighted by atomic mass is 16.2. The molecule has 0 spiro atoms. The van der Waals surface area contributed by atoms with Crippen LogP contribution in [0.4, 0.5) is 17.2 Å². The van der Waals surface area contributed by atoms with Crippen LogP contribution in [0.5, 0.6) is 0 Å². The minimum absolute atomic E-state index is 0.0148. The third-order valence-corrected chi connectivity index (χ3v) is 5.19. The largest absolute Gasteiger partial charge is 0.363 e. The summed E-state index contributed by atoms with van der Waals surface area (Å²) < 4.78 is 0. The van der Waals surface area contributed by atoms with Gasteiger partial charge in [-0.05, 0) is 23.8 Å². The molecule has 1 amide bonds. The summed E-state index contributed by atoms with van der Waals surface area (Å²) in [6, 6.07) is 13.5. The molecule has 0 radical (unpaired) electrons. The van der Waals surface area contributed by atoms with Gasteiger partial charge in [0.2, 0.25) is 5.91 Å². The van der Waals surface area contributed by atoms with E-state index in [9.17, 15) is 14.9 Å². The number of hydrogen-bond donors (Lipinski definition) is 1. The highest BCUT2D eigenvalue weighted by Gasteiger charge is 2.31. The second-order valence-electron chi connectivity index (χ2n) is 7.54. The van der Waals surface area contributed by atoms with E-state index in [0.717, 1.165) is 22.8 Å². The SMILES string of the molecule is CN(C)c1ccc(CNC(=O)CCC(=O)C(C#N)=C2N(C)c3ccccc3N2C)cn1. The van der Waals surface area contributed by atoms with Gasteiger partial charge in [0.1, 0.15) is 23.3 Å². The zero-order valence-electron chi connectivity index (χ0n) is 18.2. The molecule has 0 aliphatic carbocycles. The number of rotatable bonds is 7. The lowest BCUT2D eigenvalue weighted by molar-refractivity contribution is -0.124. The van der Waals surface area contributed by atoms with Gasteiger partial charge in [0.05, 0.1) is 11.4 Å². The summed E-state index contributed by atoms with van der Waals surface area (Å²) >= 11 is 0. The van der Waals surface area contributed by atoms with Crippen LogP contribution < -0.4 is 20.0 Å². The summed E-state index contributed by atoms with van der Waals surface area (Å²) in [6.45, 7) is 0.334. The highest BCUT2D eigenvalue weighted by molar-refractivity contribution is 6.03. The van der Waals surface area contributed by atoms with Gasteiger partial charge in [-0.15, -0.1) is 0 Å². The summed E-state index contributed by atoms with van der Waals surface area (Å²) in [5.41, 5.74) is 2.77. The molecule has 160 valence electrons. The number of para-hydroxylation sites is 2. The average molecular weight is 419 g/mol. The molecule has 1 aromatic heterocycles. The normalized spacial score (nSPS) is 12.3. The van der Waals surface area contributed by atoms with Crippen LogP contribution in [-0.2, 0) is 16.1 Å². The maximum Gasteiger partial charge on any atom is 0.220 e. The lowest BCUT2D eigenvalue weighted by atomic mass is 10.1. The van der Waals surface area contributed by atoms with Crippen LogP contribution in [-0.4, -0.2) is 44.9 Å². The summed E-state index contributed by atoms with van der Waals surface area (Å²) in [5.74, 6) is 0.766. The quantitative estimate of drug-likeness (QED) is 0.545. The number of ketones is 1. The molecule has 0 fully saturated rings. The van der Waals surface area contributed by atoms with Crippen LogP contribution in [0, 0.1) is 11.3 Å². The van der Waals surface area contributed by atoms with E-state index in [-0.39, 0.29) is 30.1 Å². The van der Waals surface area contributed by atoms with E-state index >= 15 is 0 Å². The molecule has 8 nitrogen and oxygen atoms in total. The van der Waals surface area contributed by atoms with Gasteiger partial charge in [0, 0.05) is 53.8 Å². The second-order valence-corrected chi connectivity index (χ2v) is 7.54. The van der Waals surface area contributed by atoms with Crippen LogP contribution in [0.2, 0.25) is 0 Å². The van der Waals surface area contributed by atoms with Crippen molar-refractivity contribution >= 4 is 28.9 Å². The molecule has 1 aromatic carbocycles. The summed E-state index contributed by atoms with van der Waals surface area (Å²) in [7, 11) is 7.46. The van der Waals surface area contributed by atoms with Crippen LogP contribution in [0.15, 0.2) is 54.0 Å². The van der Waals surface area contributed by atoms with Crippen molar-refractivity contribution in [1.29, 1.82) is 5.26 Å². The van der Waals surface area contributed by atoms with Gasteiger partial charge in [0.25, 0.3) is 0 Å². The summed E-state index contributed by atoms with van der Waals surface area (Å²) in [6.07, 6.45) is 1.69. The van der Waals surface area contributed by atoms with Crippen molar-refractivity contribution in [3.63, 3.8) is 0 Å². The van der Waals surface area contributed by atoms with E-state index in [1.807, 2.05) is 85.4 Å². The van der Waals surface area contributed by atoms with Crippen molar-refractivity contribution in [2.45, 2.75) is 19.4 Å². The average Bonchev–Trinajstić information content (AvgIpc) is 3.02. The van der Waals surface area contributed by atoms with Gasteiger partial charge in [-0.3, -0.25) is 9.59 Å². The maximum absolute atomic E-state index is 12.8. The monoisotopic (exact) mass is 418 g/mol. The Morgan fingerprint density at radius 3 is 2.23 bits per heavy atom. The number of aromatic nitrogens is 1. The van der Waals surface area contributed by atoms with Crippen LogP contribution >= 0.6 is 0 Å². The van der Waals surface area contributed by atoms with Crippen molar-refractivity contribution in [3.05, 3.63) is 59.6 Å². The van der Waals surface area contributed by atoms with E-state index < -0.39 is 0 Å². The number of hydrogen-bond acceptors (Lipinski definition) is 7. The van der Waals surface area contributed by atoms with Gasteiger partial charge in [-0.2, -0.15) is 5.26 Å². The van der Waals surface area contributed by atoms with Gasteiger partial charge >= 0.3 is 0 Å². The number of carbonyl (C=O) groups is 2. The Hall–Kier alpha value is -3.86. The molecule has 2 aromatic rings. The molecule has 0 saturated carbocycles. The second kappa shape index (κ2) is 9.30. The fourth-order valence-corrected chi connectivity index (χ4v) is 3.48. The molecule has 1 aliphatic heterocycles. The van der Waals surface area contributed by atoms with Crippen molar-refractivity contribution in [2.75, 3.05) is 42.9 Å². The van der Waals surface area contributed by atoms with Gasteiger partial charge < -0.3 is 20.0 Å². The number of nitrogens with one attached hydrogen (secondary N) is 1. The Labute approximate surface area is 182 Å². The minimum atomic E-state index is -0.351. The fraction of sp³-hybridized carbons (Fsp3) is 0.304. The summed E-state index contributed by atoms with van der Waals surface area (Å²) in [4.78, 5) is 34.8. The van der Waals surface area contributed by atoms with Crippen LogP contribution in [0.3, 0.4) is 0 Å². The Kier molecular flexibility index (Phi) is 6.55. The number of anilines is 3. The van der Waals surface area contributed by atoms with Crippen molar-refractivity contribution in [3.8, 4) is 6.07 Å². The Morgan fingerprint density at radius 1 is 1.06 bits per heavy atom. The van der Waals surface area contributed by atoms with E-state index in [4.69, 9.17) is 0 Å². The van der Waals surface area contributed by atoms with Crippen molar-refractivity contribution in [2.24, 2.45) is 0 Å². The first-order valence-electron chi connectivity index (χ1n) is 9.96. The van der Waals surface area contributed by atoms with E-state index in [0.29, 0.717) is 12.4 Å². The lowest BCUT2D eigenvalue weighted by Gasteiger charge is -2.19. The summed E-state index contributed by atoms with van der Waals surface area (Å²) in [5, 5.41) is 12.5. The first-order valence-corrected chi connectivity index (χ1v) is 9.96. The number of allylic oxidation sites excluding steroid dienone is 1. The van der Waals surface area contributed by atoms with Crippen molar-refractivity contribution in [1.82, 2.24) is 10.3 Å². The molecule has 0 saturated heterocycles. The lowest BCUT2D eigenvalue weighted by Crippen LogP contribution is -2.27. The predicted octanol–water partition coefficient (Wildman–Crippen LogP) is 2.43. The number of nitriles is 1. The number of nitrogens with zero attached hydrogens (tertiary/aromatic N) is 5. The molecular weight excluding hydrogens is 392 g/mol. The van der Waals surface area contributed by atoms with Crippen LogP contribution in [0.25, 0.3) is 0 Å². The van der Waals surface area contributed by atoms with Crippen molar-refractivity contribution < 1.29 is 9.59 Å². The van der Waals surface area contributed by atoms with Gasteiger partial charge in [-0.25, -0.2) is 4.98 Å². The van der Waals surface area contributed by atoms with E-state index in [1.54, 1.807) is 6.20 Å². The third-order valence-electron chi connectivity index (χ3n) is 5.19. The van der Waals surface area contributed by atoms with Crippen LogP contribution in [0.1, 0.15) is 18.4 Å². The van der Waals surface area contributed by atoms with Gasteiger partial charge in [0.15, 0.2) is 5.78 Å². The van der Waals surface area contributed by atoms with Gasteiger partial charge in [-0.1, -0.05) is 18.2 Å². The molecule has 1 aliphatic rings. The molecule has 2 heterocycles. The molecule has 1 N–H and O–H groups in total. The first kappa shape index (κ1) is 21.8. The molecule has 0 atom stereocenters.